The molecule has 0 atom stereocenters. The van der Waals surface area contributed by atoms with E-state index >= 15 is 0 Å². The summed E-state index contributed by atoms with van der Waals surface area (Å²) in [6, 6.07) is 7.41. The first-order chi connectivity index (χ1) is 9.83. The van der Waals surface area contributed by atoms with Crippen LogP contribution in [0, 0.1) is 0 Å². The lowest BCUT2D eigenvalue weighted by Gasteiger charge is -2.09. The predicted molar refractivity (Wildman–Crippen MR) is 86.5 cm³/mol. The Balaban J connectivity index is 0.00000220. The van der Waals surface area contributed by atoms with Crippen molar-refractivity contribution in [1.82, 2.24) is 10.3 Å². The number of ether oxygens (including phenoxy) is 1. The average Bonchev–Trinajstić information content (AvgIpc) is 2.49. The fourth-order valence-corrected chi connectivity index (χ4v) is 2.01. The molecule has 0 fully saturated rings. The fourth-order valence-electron chi connectivity index (χ4n) is 2.01. The lowest BCUT2D eigenvalue weighted by Crippen LogP contribution is -2.19. The van der Waals surface area contributed by atoms with E-state index in [1.807, 2.05) is 18.2 Å². The number of H-pyrrole nitrogens is 1. The van der Waals surface area contributed by atoms with Crippen molar-refractivity contribution in [3.63, 3.8) is 0 Å². The van der Waals surface area contributed by atoms with E-state index in [0.717, 1.165) is 31.3 Å². The number of benzene rings is 1. The highest BCUT2D eigenvalue weighted by Crippen LogP contribution is 2.21. The van der Waals surface area contributed by atoms with Gasteiger partial charge in [0.2, 0.25) is 0 Å². The monoisotopic (exact) mass is 312 g/mol. The highest BCUT2D eigenvalue weighted by Gasteiger charge is 2.04. The summed E-state index contributed by atoms with van der Waals surface area (Å²) in [6.45, 7) is 2.47. The fraction of sp³-hybridized carbons (Fsp3) is 0.400. The Hall–Kier alpha value is -1.56. The van der Waals surface area contributed by atoms with Crippen molar-refractivity contribution >= 4 is 23.2 Å². The maximum Gasteiger partial charge on any atom is 0.256 e. The summed E-state index contributed by atoms with van der Waals surface area (Å²) in [5.74, 6) is 0.704. The number of hydrogen-bond donors (Lipinski definition) is 3. The van der Waals surface area contributed by atoms with Crippen LogP contribution in [0.5, 0.6) is 5.75 Å². The largest absolute Gasteiger partial charge is 0.491 e. The molecule has 0 aliphatic carbocycles. The molecule has 6 heteroatoms. The van der Waals surface area contributed by atoms with Crippen molar-refractivity contribution in [3.8, 4) is 5.75 Å². The van der Waals surface area contributed by atoms with Gasteiger partial charge in [-0.25, -0.2) is 0 Å². The third kappa shape index (κ3) is 5.04. The molecule has 0 saturated heterocycles. The number of rotatable bonds is 8. The summed E-state index contributed by atoms with van der Waals surface area (Å²) in [6.07, 6.45) is 3.26. The van der Waals surface area contributed by atoms with Gasteiger partial charge in [-0.3, -0.25) is 4.79 Å². The van der Waals surface area contributed by atoms with Gasteiger partial charge in [-0.15, -0.1) is 12.4 Å². The highest BCUT2D eigenvalue weighted by molar-refractivity contribution is 5.87. The molecule has 0 radical (unpaired) electrons. The minimum atomic E-state index is -0.0985. The summed E-state index contributed by atoms with van der Waals surface area (Å²) in [5.41, 5.74) is -0.0985. The van der Waals surface area contributed by atoms with E-state index in [1.54, 1.807) is 12.3 Å². The third-order valence-corrected chi connectivity index (χ3v) is 3.04. The minimum absolute atomic E-state index is 0. The van der Waals surface area contributed by atoms with Gasteiger partial charge in [0.15, 0.2) is 0 Å². The van der Waals surface area contributed by atoms with Crippen LogP contribution in [-0.2, 0) is 0 Å². The van der Waals surface area contributed by atoms with Crippen LogP contribution in [0.1, 0.15) is 12.8 Å². The molecule has 0 bridgehead atoms. The molecule has 116 valence electrons. The van der Waals surface area contributed by atoms with Gasteiger partial charge in [0.1, 0.15) is 5.75 Å². The number of aromatic nitrogens is 1. The summed E-state index contributed by atoms with van der Waals surface area (Å²) in [7, 11) is 0. The Kier molecular flexibility index (Phi) is 7.82. The van der Waals surface area contributed by atoms with Gasteiger partial charge in [0, 0.05) is 18.2 Å². The SMILES string of the molecule is Cl.O=c1[nH]cc(OCCCNCCCO)c2ccccc12. The molecule has 1 aromatic carbocycles. The lowest BCUT2D eigenvalue weighted by atomic mass is 10.1. The second-order valence-electron chi connectivity index (χ2n) is 4.56. The van der Waals surface area contributed by atoms with E-state index in [4.69, 9.17) is 9.84 Å². The van der Waals surface area contributed by atoms with Crippen LogP contribution in [0.15, 0.2) is 35.3 Å². The normalized spacial score (nSPS) is 10.3. The van der Waals surface area contributed by atoms with Crippen molar-refractivity contribution in [1.29, 1.82) is 0 Å². The Bertz CT molecular complexity index is 601. The Morgan fingerprint density at radius 2 is 1.86 bits per heavy atom. The zero-order valence-corrected chi connectivity index (χ0v) is 12.6. The van der Waals surface area contributed by atoms with Crippen molar-refractivity contribution in [2.75, 3.05) is 26.3 Å². The molecule has 0 aliphatic heterocycles. The number of aliphatic hydroxyl groups excluding tert-OH is 1. The van der Waals surface area contributed by atoms with Crippen molar-refractivity contribution in [2.45, 2.75) is 12.8 Å². The number of nitrogens with one attached hydrogen (secondary N) is 2. The van der Waals surface area contributed by atoms with Gasteiger partial charge in [-0.05, 0) is 32.0 Å². The van der Waals surface area contributed by atoms with Gasteiger partial charge >= 0.3 is 0 Å². The quantitative estimate of drug-likeness (QED) is 0.649. The second kappa shape index (κ2) is 9.39. The molecule has 1 aromatic heterocycles. The Morgan fingerprint density at radius 1 is 1.14 bits per heavy atom. The van der Waals surface area contributed by atoms with Gasteiger partial charge in [0.05, 0.1) is 12.0 Å². The van der Waals surface area contributed by atoms with E-state index in [0.29, 0.717) is 17.7 Å². The van der Waals surface area contributed by atoms with Crippen LogP contribution in [-0.4, -0.2) is 36.4 Å². The van der Waals surface area contributed by atoms with Crippen LogP contribution in [0.2, 0.25) is 0 Å². The van der Waals surface area contributed by atoms with Crippen LogP contribution < -0.4 is 15.6 Å². The van der Waals surface area contributed by atoms with E-state index in [9.17, 15) is 4.79 Å². The number of pyridine rings is 1. The first-order valence-electron chi connectivity index (χ1n) is 6.87. The van der Waals surface area contributed by atoms with E-state index < -0.39 is 0 Å². The standard InChI is InChI=1S/C15H20N2O3.ClH/c18-9-3-7-16-8-4-10-20-14-11-17-15(19)13-6-2-1-5-12(13)14;/h1-2,5-6,11,16,18H,3-4,7-10H2,(H,17,19);1H. The van der Waals surface area contributed by atoms with Gasteiger partial charge in [0.25, 0.3) is 5.56 Å². The summed E-state index contributed by atoms with van der Waals surface area (Å²) in [5, 5.41) is 13.3. The first kappa shape index (κ1) is 17.5. The summed E-state index contributed by atoms with van der Waals surface area (Å²) in [4.78, 5) is 14.4. The summed E-state index contributed by atoms with van der Waals surface area (Å²) >= 11 is 0. The molecule has 0 aliphatic rings. The van der Waals surface area contributed by atoms with Crippen LogP contribution >= 0.6 is 12.4 Å². The first-order valence-corrected chi connectivity index (χ1v) is 6.87. The number of hydrogen-bond acceptors (Lipinski definition) is 4. The molecular weight excluding hydrogens is 292 g/mol. The zero-order valence-electron chi connectivity index (χ0n) is 11.8. The van der Waals surface area contributed by atoms with Gasteiger partial charge in [-0.1, -0.05) is 18.2 Å². The number of halogens is 1. The number of aliphatic hydroxyl groups is 1. The molecule has 2 rings (SSSR count). The molecule has 3 N–H and O–H groups in total. The van der Waals surface area contributed by atoms with Crippen LogP contribution in [0.25, 0.3) is 10.8 Å². The third-order valence-electron chi connectivity index (χ3n) is 3.04. The Labute approximate surface area is 129 Å². The van der Waals surface area contributed by atoms with Gasteiger partial charge in [-0.2, -0.15) is 0 Å². The number of aromatic amines is 1. The van der Waals surface area contributed by atoms with Crippen molar-refractivity contribution in [2.24, 2.45) is 0 Å². The van der Waals surface area contributed by atoms with Gasteiger partial charge < -0.3 is 20.1 Å². The van der Waals surface area contributed by atoms with Crippen LogP contribution in [0.3, 0.4) is 0 Å². The maximum atomic E-state index is 11.7. The molecule has 5 nitrogen and oxygen atoms in total. The molecule has 2 aromatic rings. The molecule has 0 amide bonds. The molecule has 1 heterocycles. The molecule has 0 saturated carbocycles. The van der Waals surface area contributed by atoms with E-state index in [2.05, 4.69) is 10.3 Å². The van der Waals surface area contributed by atoms with Crippen LogP contribution in [0.4, 0.5) is 0 Å². The van der Waals surface area contributed by atoms with Crippen molar-refractivity contribution in [3.05, 3.63) is 40.8 Å². The van der Waals surface area contributed by atoms with Crippen molar-refractivity contribution < 1.29 is 9.84 Å². The molecular formula is C15H21ClN2O3. The maximum absolute atomic E-state index is 11.7. The topological polar surface area (TPSA) is 74.4 Å². The minimum Gasteiger partial charge on any atom is -0.491 e. The van der Waals surface area contributed by atoms with E-state index in [-0.39, 0.29) is 24.6 Å². The molecule has 0 unspecified atom stereocenters. The second-order valence-corrected chi connectivity index (χ2v) is 4.56. The molecule has 21 heavy (non-hydrogen) atoms. The predicted octanol–water partition coefficient (Wildman–Crippen LogP) is 1.69. The van der Waals surface area contributed by atoms with E-state index in [1.165, 1.54) is 0 Å². The lowest BCUT2D eigenvalue weighted by molar-refractivity contribution is 0.282. The highest BCUT2D eigenvalue weighted by atomic mass is 35.5. The number of fused-ring (bicyclic) bond motifs is 1. The average molecular weight is 313 g/mol. The smallest absolute Gasteiger partial charge is 0.256 e. The Morgan fingerprint density at radius 3 is 2.62 bits per heavy atom. The zero-order chi connectivity index (χ0) is 14.2. The summed E-state index contributed by atoms with van der Waals surface area (Å²) < 4.78 is 5.72. The molecule has 0 spiro atoms.